The number of anilines is 3. The molecule has 3 aliphatic rings. The van der Waals surface area contributed by atoms with Crippen LogP contribution in [-0.2, 0) is 22.7 Å². The summed E-state index contributed by atoms with van der Waals surface area (Å²) in [5.74, 6) is 0.218. The Morgan fingerprint density at radius 3 is 2.62 bits per heavy atom. The van der Waals surface area contributed by atoms with E-state index in [1.807, 2.05) is 34.5 Å². The number of carbonyl (C=O) groups is 2. The fourth-order valence-electron chi connectivity index (χ4n) is 7.83. The van der Waals surface area contributed by atoms with Crippen LogP contribution in [0, 0.1) is 23.1 Å². The second kappa shape index (κ2) is 15.8. The minimum atomic E-state index is -0.485. The number of imidazole rings is 1. The molecule has 8 rings (SSSR count). The highest BCUT2D eigenvalue weighted by Gasteiger charge is 2.34. The third-order valence-corrected chi connectivity index (χ3v) is 11.0. The highest BCUT2D eigenvalue weighted by atomic mass is 19.1. The second-order valence-electron chi connectivity index (χ2n) is 14.9. The number of pyridine rings is 1. The first-order valence-corrected chi connectivity index (χ1v) is 19.0. The Labute approximate surface area is 324 Å². The molecule has 0 spiro atoms. The molecule has 288 valence electrons. The maximum absolute atomic E-state index is 13.8. The Morgan fingerprint density at radius 1 is 1.07 bits per heavy atom. The zero-order valence-electron chi connectivity index (χ0n) is 31.1. The summed E-state index contributed by atoms with van der Waals surface area (Å²) in [5.41, 5.74) is 11.3. The van der Waals surface area contributed by atoms with Gasteiger partial charge in [0.2, 0.25) is 11.8 Å². The van der Waals surface area contributed by atoms with Crippen molar-refractivity contribution in [1.82, 2.24) is 34.5 Å². The van der Waals surface area contributed by atoms with Gasteiger partial charge in [0.15, 0.2) is 17.3 Å². The Kier molecular flexibility index (Phi) is 10.4. The number of nitriles is 1. The van der Waals surface area contributed by atoms with Crippen molar-refractivity contribution in [2.75, 3.05) is 42.1 Å². The van der Waals surface area contributed by atoms with Crippen LogP contribution in [0.15, 0.2) is 79.5 Å². The van der Waals surface area contributed by atoms with Gasteiger partial charge in [-0.3, -0.25) is 24.5 Å². The maximum Gasteiger partial charge on any atom is 0.249 e. The molecule has 3 aliphatic heterocycles. The summed E-state index contributed by atoms with van der Waals surface area (Å²) < 4.78 is 23.9. The maximum atomic E-state index is 13.8. The van der Waals surface area contributed by atoms with Crippen LogP contribution in [0.3, 0.4) is 0 Å². The number of amides is 2. The summed E-state index contributed by atoms with van der Waals surface area (Å²) >= 11 is 0. The van der Waals surface area contributed by atoms with Crippen LogP contribution in [-0.4, -0.2) is 79.3 Å². The SMILES string of the molecule is C[C@@H](Oc1cc(-c2c(C#N)ncn2Cc2cnn(CC3CCN(C4CN(c5ccc(NC6CCC(=O)NC6=O)cc5)C4)CC3)c2)cnc1N)c1cccc(F)c1. The predicted octanol–water partition coefficient (Wildman–Crippen LogP) is 4.74. The van der Waals surface area contributed by atoms with Gasteiger partial charge in [0.05, 0.1) is 24.8 Å². The molecule has 4 N–H and O–H groups in total. The molecule has 2 atom stereocenters. The van der Waals surface area contributed by atoms with Crippen molar-refractivity contribution in [3.8, 4) is 23.1 Å². The van der Waals surface area contributed by atoms with E-state index in [1.54, 1.807) is 30.7 Å². The fourth-order valence-corrected chi connectivity index (χ4v) is 7.83. The van der Waals surface area contributed by atoms with Gasteiger partial charge in [-0.2, -0.15) is 10.4 Å². The number of carbonyl (C=O) groups excluding carboxylic acids is 2. The number of nitrogens with zero attached hydrogens (tertiary/aromatic N) is 8. The summed E-state index contributed by atoms with van der Waals surface area (Å²) in [6, 6.07) is 18.5. The van der Waals surface area contributed by atoms with Gasteiger partial charge in [0.25, 0.3) is 0 Å². The molecular formula is C41H44FN11O3. The van der Waals surface area contributed by atoms with E-state index in [0.29, 0.717) is 53.9 Å². The van der Waals surface area contributed by atoms with Gasteiger partial charge >= 0.3 is 0 Å². The quantitative estimate of drug-likeness (QED) is 0.150. The Hall–Kier alpha value is -6.27. The molecule has 6 heterocycles. The van der Waals surface area contributed by atoms with Crippen molar-refractivity contribution in [2.45, 2.75) is 63.9 Å². The minimum absolute atomic E-state index is 0.188. The van der Waals surface area contributed by atoms with Crippen molar-refractivity contribution >= 4 is 29.0 Å². The van der Waals surface area contributed by atoms with Crippen LogP contribution < -0.4 is 26.0 Å². The van der Waals surface area contributed by atoms with Crippen molar-refractivity contribution in [3.05, 3.63) is 102 Å². The van der Waals surface area contributed by atoms with Crippen LogP contribution in [0.2, 0.25) is 0 Å². The van der Waals surface area contributed by atoms with Gasteiger partial charge < -0.3 is 25.3 Å². The highest BCUT2D eigenvalue weighted by molar-refractivity contribution is 6.01. The van der Waals surface area contributed by atoms with Crippen molar-refractivity contribution in [3.63, 3.8) is 0 Å². The van der Waals surface area contributed by atoms with Gasteiger partial charge in [0.1, 0.15) is 24.0 Å². The molecule has 0 saturated carbocycles. The number of piperidine rings is 2. The molecule has 2 aromatic carbocycles. The van der Waals surface area contributed by atoms with E-state index in [2.05, 4.69) is 59.9 Å². The summed E-state index contributed by atoms with van der Waals surface area (Å²) in [5, 5.41) is 20.2. The number of imide groups is 1. The van der Waals surface area contributed by atoms with Gasteiger partial charge in [-0.25, -0.2) is 14.4 Å². The number of benzene rings is 2. The standard InChI is InChI=1S/C41H44FN11O3/c1-26(29-3-2-4-31(42)15-29)56-37-16-30(19-45-40(37)44)39-36(17-43)46-25-52(39)20-28-18-47-53(22-28)21-27-11-13-50(14-12-27)34-23-51(24-34)33-7-5-32(6-8-33)48-35-9-10-38(54)49-41(35)55/h2-8,15-16,18-19,22,25-27,34-35,48H,9-14,20-21,23-24H2,1H3,(H2,44,45)(H,49,54,55)/t26-,35?/m1/s1. The molecule has 3 aromatic heterocycles. The molecule has 15 heteroatoms. The zero-order chi connectivity index (χ0) is 38.8. The molecule has 1 unspecified atom stereocenters. The second-order valence-corrected chi connectivity index (χ2v) is 14.9. The van der Waals surface area contributed by atoms with E-state index < -0.39 is 6.10 Å². The first-order valence-electron chi connectivity index (χ1n) is 19.0. The fraction of sp³-hybridized carbons (Fsp3) is 0.366. The Balaban J connectivity index is 0.825. The third kappa shape index (κ3) is 8.06. The molecule has 0 bridgehead atoms. The monoisotopic (exact) mass is 757 g/mol. The Bertz CT molecular complexity index is 2250. The average Bonchev–Trinajstić information content (AvgIpc) is 3.80. The van der Waals surface area contributed by atoms with E-state index in [-0.39, 0.29) is 35.2 Å². The van der Waals surface area contributed by atoms with Gasteiger partial charge in [-0.1, -0.05) is 12.1 Å². The highest BCUT2D eigenvalue weighted by Crippen LogP contribution is 2.33. The molecule has 56 heavy (non-hydrogen) atoms. The summed E-state index contributed by atoms with van der Waals surface area (Å²) in [7, 11) is 0. The first kappa shape index (κ1) is 36.7. The Morgan fingerprint density at radius 2 is 1.88 bits per heavy atom. The average molecular weight is 758 g/mol. The lowest BCUT2D eigenvalue weighted by molar-refractivity contribution is -0.133. The minimum Gasteiger partial charge on any atom is -0.482 e. The van der Waals surface area contributed by atoms with Crippen molar-refractivity contribution in [2.24, 2.45) is 5.92 Å². The summed E-state index contributed by atoms with van der Waals surface area (Å²) in [6.45, 7) is 7.21. The van der Waals surface area contributed by atoms with Crippen molar-refractivity contribution < 1.29 is 18.7 Å². The van der Waals surface area contributed by atoms with Crippen molar-refractivity contribution in [1.29, 1.82) is 5.26 Å². The van der Waals surface area contributed by atoms with Crippen LogP contribution >= 0.6 is 0 Å². The zero-order valence-corrected chi connectivity index (χ0v) is 31.1. The number of hydrogen-bond acceptors (Lipinski definition) is 11. The number of nitrogen functional groups attached to an aromatic ring is 1. The molecular weight excluding hydrogens is 714 g/mol. The van der Waals surface area contributed by atoms with E-state index in [0.717, 1.165) is 56.8 Å². The predicted molar refractivity (Wildman–Crippen MR) is 208 cm³/mol. The van der Waals surface area contributed by atoms with Crippen LogP contribution in [0.25, 0.3) is 11.3 Å². The van der Waals surface area contributed by atoms with Gasteiger partial charge in [-0.15, -0.1) is 0 Å². The molecule has 3 fully saturated rings. The van der Waals surface area contributed by atoms with E-state index in [1.165, 1.54) is 17.8 Å². The largest absolute Gasteiger partial charge is 0.482 e. The number of likely N-dealkylation sites (tertiary alicyclic amines) is 1. The van der Waals surface area contributed by atoms with Crippen LogP contribution in [0.5, 0.6) is 5.75 Å². The third-order valence-electron chi connectivity index (χ3n) is 11.0. The molecule has 14 nitrogen and oxygen atoms in total. The normalized spacial score (nSPS) is 18.6. The topological polar surface area (TPSA) is 172 Å². The lowest BCUT2D eigenvalue weighted by atomic mass is 9.94. The van der Waals surface area contributed by atoms with Crippen LogP contribution in [0.4, 0.5) is 21.6 Å². The number of aromatic nitrogens is 5. The number of halogens is 1. The molecule has 2 amide bonds. The smallest absolute Gasteiger partial charge is 0.249 e. The molecule has 3 saturated heterocycles. The van der Waals surface area contributed by atoms with Gasteiger partial charge in [-0.05, 0) is 93.2 Å². The van der Waals surface area contributed by atoms with E-state index >= 15 is 0 Å². The number of hydrogen-bond donors (Lipinski definition) is 3. The van der Waals surface area contributed by atoms with Gasteiger partial charge in [0, 0.05) is 67.0 Å². The van der Waals surface area contributed by atoms with E-state index in [4.69, 9.17) is 10.5 Å². The lowest BCUT2D eigenvalue weighted by Gasteiger charge is -2.48. The summed E-state index contributed by atoms with van der Waals surface area (Å²) in [6.07, 6.45) is 9.75. The number of nitrogens with two attached hydrogens (primary N) is 1. The number of nitrogens with one attached hydrogen (secondary N) is 2. The molecule has 0 aliphatic carbocycles. The summed E-state index contributed by atoms with van der Waals surface area (Å²) in [4.78, 5) is 37.2. The lowest BCUT2D eigenvalue weighted by Crippen LogP contribution is -2.61. The number of ether oxygens (including phenoxy) is 1. The first-order chi connectivity index (χ1) is 27.2. The van der Waals surface area contributed by atoms with Crippen LogP contribution in [0.1, 0.15) is 55.5 Å². The number of rotatable bonds is 12. The van der Waals surface area contributed by atoms with E-state index in [9.17, 15) is 19.2 Å². The molecule has 0 radical (unpaired) electrons. The molecule has 5 aromatic rings.